The second-order valence-corrected chi connectivity index (χ2v) is 8.48. The van der Waals surface area contributed by atoms with Crippen molar-refractivity contribution in [3.8, 4) is 22.6 Å². The summed E-state index contributed by atoms with van der Waals surface area (Å²) in [6.45, 7) is 0. The van der Waals surface area contributed by atoms with E-state index in [1.54, 1.807) is 19.2 Å². The summed E-state index contributed by atoms with van der Waals surface area (Å²) in [4.78, 5) is 16.2. The number of halogens is 3. The van der Waals surface area contributed by atoms with Crippen LogP contribution in [0.25, 0.3) is 11.1 Å². The molecule has 0 fully saturated rings. The highest BCUT2D eigenvalue weighted by atomic mass is 19.4. The Kier molecular flexibility index (Phi) is 5.95. The van der Waals surface area contributed by atoms with Gasteiger partial charge in [0.15, 0.2) is 0 Å². The highest BCUT2D eigenvalue weighted by molar-refractivity contribution is 6.03. The van der Waals surface area contributed by atoms with Crippen LogP contribution in [0.1, 0.15) is 22.3 Å². The highest BCUT2D eigenvalue weighted by Crippen LogP contribution is 2.47. The number of hydrogen-bond acceptors (Lipinski definition) is 5. The van der Waals surface area contributed by atoms with Gasteiger partial charge in [0.25, 0.3) is 0 Å². The fraction of sp³-hybridized carbons (Fsp3) is 0.103. The molecule has 1 unspecified atom stereocenters. The van der Waals surface area contributed by atoms with E-state index in [1.807, 2.05) is 72.8 Å². The second kappa shape index (κ2) is 9.13. The van der Waals surface area contributed by atoms with Gasteiger partial charge in [-0.25, -0.2) is 9.79 Å². The minimum absolute atomic E-state index is 0.227. The molecule has 0 saturated carbocycles. The number of fused-ring (bicyclic) bond motifs is 1. The van der Waals surface area contributed by atoms with Crippen LogP contribution >= 0.6 is 0 Å². The van der Waals surface area contributed by atoms with Crippen molar-refractivity contribution in [2.75, 3.05) is 7.11 Å². The molecule has 0 spiro atoms. The van der Waals surface area contributed by atoms with E-state index >= 15 is 0 Å². The molecule has 0 aromatic heterocycles. The fourth-order valence-electron chi connectivity index (χ4n) is 4.59. The monoisotopic (exact) mass is 502 g/mol. The first-order valence-electron chi connectivity index (χ1n) is 11.3. The van der Waals surface area contributed by atoms with Crippen LogP contribution in [-0.4, -0.2) is 25.1 Å². The average Bonchev–Trinajstić information content (AvgIpc) is 3.22. The molecule has 186 valence electrons. The maximum Gasteiger partial charge on any atom is 0.491 e. The fourth-order valence-corrected chi connectivity index (χ4v) is 4.59. The van der Waals surface area contributed by atoms with Gasteiger partial charge in [0.05, 0.1) is 7.11 Å². The van der Waals surface area contributed by atoms with Crippen molar-refractivity contribution in [3.63, 3.8) is 0 Å². The molecular formula is C29H21F3N2O3. The maximum absolute atomic E-state index is 12.7. The van der Waals surface area contributed by atoms with Gasteiger partial charge in [0.2, 0.25) is 0 Å². The van der Waals surface area contributed by atoms with Crippen molar-refractivity contribution >= 4 is 11.8 Å². The van der Waals surface area contributed by atoms with E-state index in [9.17, 15) is 18.0 Å². The number of rotatable bonds is 5. The summed E-state index contributed by atoms with van der Waals surface area (Å²) >= 11 is 0. The van der Waals surface area contributed by atoms with Gasteiger partial charge in [-0.1, -0.05) is 66.7 Å². The molecule has 0 amide bonds. The van der Waals surface area contributed by atoms with Crippen LogP contribution in [0, 0.1) is 0 Å². The molecule has 5 nitrogen and oxygen atoms in total. The number of benzene rings is 4. The molecule has 2 N–H and O–H groups in total. The molecule has 0 bridgehead atoms. The number of alkyl halides is 3. The molecule has 5 rings (SSSR count). The third-order valence-corrected chi connectivity index (χ3v) is 6.28. The Bertz CT molecular complexity index is 1510. The third-order valence-electron chi connectivity index (χ3n) is 6.28. The summed E-state index contributed by atoms with van der Waals surface area (Å²) in [5.74, 6) is -1.45. The lowest BCUT2D eigenvalue weighted by atomic mass is 9.77. The first-order valence-corrected chi connectivity index (χ1v) is 11.3. The van der Waals surface area contributed by atoms with E-state index in [-0.39, 0.29) is 5.75 Å². The van der Waals surface area contributed by atoms with Crippen LogP contribution in [0.2, 0.25) is 0 Å². The van der Waals surface area contributed by atoms with Crippen LogP contribution < -0.4 is 15.2 Å². The summed E-state index contributed by atoms with van der Waals surface area (Å²) in [6, 6.07) is 28.9. The summed E-state index contributed by atoms with van der Waals surface area (Å²) in [6.07, 6.45) is -5.09. The number of nitrogens with zero attached hydrogens (tertiary/aromatic N) is 1. The highest BCUT2D eigenvalue weighted by Gasteiger charge is 2.44. The quantitative estimate of drug-likeness (QED) is 0.275. The number of ether oxygens (including phenoxy) is 2. The lowest BCUT2D eigenvalue weighted by Gasteiger charge is -2.29. The van der Waals surface area contributed by atoms with Crippen molar-refractivity contribution in [2.45, 2.75) is 11.7 Å². The Balaban J connectivity index is 1.65. The number of nitrogens with two attached hydrogens (primary N) is 1. The molecule has 1 aliphatic rings. The molecule has 0 saturated heterocycles. The van der Waals surface area contributed by atoms with Gasteiger partial charge in [0, 0.05) is 5.56 Å². The number of esters is 1. The minimum atomic E-state index is -5.09. The van der Waals surface area contributed by atoms with Crippen LogP contribution in [0.15, 0.2) is 102 Å². The van der Waals surface area contributed by atoms with Crippen LogP contribution in [0.4, 0.5) is 13.2 Å². The Morgan fingerprint density at radius 1 is 0.811 bits per heavy atom. The van der Waals surface area contributed by atoms with Crippen molar-refractivity contribution in [3.05, 3.63) is 119 Å². The summed E-state index contributed by atoms with van der Waals surface area (Å²) in [7, 11) is 1.60. The molecule has 8 heteroatoms. The summed E-state index contributed by atoms with van der Waals surface area (Å²) in [5, 5.41) is 0. The van der Waals surface area contributed by atoms with Crippen molar-refractivity contribution in [1.29, 1.82) is 0 Å². The lowest BCUT2D eigenvalue weighted by molar-refractivity contribution is -0.189. The van der Waals surface area contributed by atoms with E-state index < -0.39 is 17.7 Å². The first-order chi connectivity index (χ1) is 17.7. The van der Waals surface area contributed by atoms with Crippen molar-refractivity contribution in [1.82, 2.24) is 0 Å². The molecule has 1 atom stereocenters. The topological polar surface area (TPSA) is 73.9 Å². The van der Waals surface area contributed by atoms with E-state index in [4.69, 9.17) is 15.5 Å². The normalized spacial score (nSPS) is 16.6. The lowest BCUT2D eigenvalue weighted by Crippen LogP contribution is -2.28. The largest absolute Gasteiger partial charge is 0.497 e. The molecular weight excluding hydrogens is 481 g/mol. The predicted octanol–water partition coefficient (Wildman–Crippen LogP) is 5.84. The smallest absolute Gasteiger partial charge is 0.491 e. The molecule has 1 aliphatic heterocycles. The third kappa shape index (κ3) is 4.31. The molecule has 0 radical (unpaired) electrons. The van der Waals surface area contributed by atoms with Crippen molar-refractivity contribution < 1.29 is 27.4 Å². The Hall–Kier alpha value is -4.59. The molecule has 0 aliphatic carbocycles. The van der Waals surface area contributed by atoms with E-state index in [0.29, 0.717) is 11.4 Å². The molecule has 37 heavy (non-hydrogen) atoms. The number of aliphatic imine (C=N–C) groups is 1. The number of carbonyl (C=O) groups is 1. The van der Waals surface area contributed by atoms with E-state index in [1.165, 1.54) is 12.1 Å². The zero-order chi connectivity index (χ0) is 26.2. The molecule has 4 aromatic rings. The molecule has 1 heterocycles. The van der Waals surface area contributed by atoms with Gasteiger partial charge in [-0.3, -0.25) is 0 Å². The predicted molar refractivity (Wildman–Crippen MR) is 134 cm³/mol. The van der Waals surface area contributed by atoms with Gasteiger partial charge in [-0.15, -0.1) is 0 Å². The zero-order valence-electron chi connectivity index (χ0n) is 19.6. The SMILES string of the molecule is COc1cccc(-c2cccc(C3(c4ccc(OC(=O)C(F)(F)F)cc4)N=C(N)c4ccccc43)c2)c1. The second-order valence-electron chi connectivity index (χ2n) is 8.48. The first kappa shape index (κ1) is 24.1. The standard InChI is InChI=1S/C29H21F3N2O3/c1-36-23-9-5-7-19(17-23)18-6-4-8-21(16-18)28(25-11-3-2-10-24(25)26(33)34-28)20-12-14-22(15-13-20)37-27(35)29(30,31)32/h2-17H,1H3,(H2,33,34). The summed E-state index contributed by atoms with van der Waals surface area (Å²) in [5.41, 5.74) is 10.2. The number of methoxy groups -OCH3 is 1. The van der Waals surface area contributed by atoms with Gasteiger partial charge < -0.3 is 15.2 Å². The molecule has 4 aromatic carbocycles. The van der Waals surface area contributed by atoms with Gasteiger partial charge in [-0.05, 0) is 58.1 Å². The Labute approximate surface area is 211 Å². The van der Waals surface area contributed by atoms with Gasteiger partial charge >= 0.3 is 12.1 Å². The van der Waals surface area contributed by atoms with Gasteiger partial charge in [0.1, 0.15) is 22.9 Å². The van der Waals surface area contributed by atoms with Crippen LogP contribution in [0.3, 0.4) is 0 Å². The Morgan fingerprint density at radius 2 is 1.49 bits per heavy atom. The Morgan fingerprint density at radius 3 is 2.19 bits per heavy atom. The number of carbonyl (C=O) groups excluding carboxylic acids is 1. The van der Waals surface area contributed by atoms with E-state index in [0.717, 1.165) is 33.6 Å². The maximum atomic E-state index is 12.7. The van der Waals surface area contributed by atoms with Crippen LogP contribution in [0.5, 0.6) is 11.5 Å². The summed E-state index contributed by atoms with van der Waals surface area (Å²) < 4.78 is 47.8. The van der Waals surface area contributed by atoms with Crippen LogP contribution in [-0.2, 0) is 10.3 Å². The number of hydrogen-bond donors (Lipinski definition) is 1. The van der Waals surface area contributed by atoms with Gasteiger partial charge in [-0.2, -0.15) is 13.2 Å². The zero-order valence-corrected chi connectivity index (χ0v) is 19.6. The average molecular weight is 502 g/mol. The number of amidine groups is 1. The van der Waals surface area contributed by atoms with Crippen molar-refractivity contribution in [2.24, 2.45) is 10.7 Å². The van der Waals surface area contributed by atoms with E-state index in [2.05, 4.69) is 4.74 Å². The minimum Gasteiger partial charge on any atom is -0.497 e.